The van der Waals surface area contributed by atoms with Gasteiger partial charge < -0.3 is 5.32 Å². The number of nitrogens with zero attached hydrogens (tertiary/aromatic N) is 3. The van der Waals surface area contributed by atoms with Crippen LogP contribution in [0.15, 0.2) is 58.1 Å². The van der Waals surface area contributed by atoms with Crippen molar-refractivity contribution in [3.63, 3.8) is 0 Å². The van der Waals surface area contributed by atoms with E-state index in [0.717, 1.165) is 14.8 Å². The number of aromatic nitrogens is 3. The molecule has 1 aromatic heterocycles. The molecule has 1 heterocycles. The Hall–Kier alpha value is -3.55. The van der Waals surface area contributed by atoms with Crippen molar-refractivity contribution in [2.45, 2.75) is 27.3 Å². The van der Waals surface area contributed by atoms with Crippen molar-refractivity contribution in [1.82, 2.24) is 19.7 Å². The Kier molecular flexibility index (Phi) is 6.25. The molecule has 2 aromatic carbocycles. The van der Waals surface area contributed by atoms with Crippen LogP contribution in [-0.2, 0) is 6.54 Å². The van der Waals surface area contributed by atoms with E-state index < -0.39 is 28.7 Å². The van der Waals surface area contributed by atoms with E-state index in [0.29, 0.717) is 17.8 Å². The molecule has 0 radical (unpaired) electrons. The predicted octanol–water partition coefficient (Wildman–Crippen LogP) is 2.28. The lowest BCUT2D eigenvalue weighted by Crippen LogP contribution is -2.46. The van der Waals surface area contributed by atoms with Crippen molar-refractivity contribution in [2.75, 3.05) is 6.54 Å². The number of rotatable bonds is 6. The van der Waals surface area contributed by atoms with Gasteiger partial charge in [0, 0.05) is 6.54 Å². The monoisotopic (exact) mass is 410 g/mol. The van der Waals surface area contributed by atoms with Crippen molar-refractivity contribution in [2.24, 2.45) is 5.92 Å². The van der Waals surface area contributed by atoms with Crippen LogP contribution in [0.2, 0.25) is 0 Å². The quantitative estimate of drug-likeness (QED) is 0.676. The molecular weight excluding hydrogens is 387 g/mol. The van der Waals surface area contributed by atoms with Crippen molar-refractivity contribution >= 4 is 5.91 Å². The highest BCUT2D eigenvalue weighted by Gasteiger charge is 2.20. The van der Waals surface area contributed by atoms with Crippen molar-refractivity contribution in [1.29, 1.82) is 0 Å². The highest BCUT2D eigenvalue weighted by molar-refractivity contribution is 5.91. The van der Waals surface area contributed by atoms with Crippen LogP contribution in [0.4, 0.5) is 4.39 Å². The lowest BCUT2D eigenvalue weighted by molar-refractivity contribution is 0.0939. The smallest absolute Gasteiger partial charge is 0.350 e. The predicted molar refractivity (Wildman–Crippen MR) is 112 cm³/mol. The fourth-order valence-corrected chi connectivity index (χ4v) is 2.92. The zero-order valence-corrected chi connectivity index (χ0v) is 17.1. The maximum absolute atomic E-state index is 13.6. The minimum Gasteiger partial charge on any atom is -0.350 e. The topological polar surface area (TPSA) is 86.0 Å². The van der Waals surface area contributed by atoms with Gasteiger partial charge in [0.25, 0.3) is 11.5 Å². The Morgan fingerprint density at radius 3 is 2.53 bits per heavy atom. The molecule has 1 amide bonds. The minimum absolute atomic E-state index is 0.172. The van der Waals surface area contributed by atoms with E-state index >= 15 is 0 Å². The molecule has 0 unspecified atom stereocenters. The average Bonchev–Trinajstić information content (AvgIpc) is 2.69. The minimum atomic E-state index is -0.825. The SMILES string of the molecule is Cc1cccc(-n2nc(C(=O)NCC(C)C)c(=O)n(Cc3cccc(F)c3)c2=O)c1. The van der Waals surface area contributed by atoms with Crippen molar-refractivity contribution in [3.8, 4) is 5.69 Å². The van der Waals surface area contributed by atoms with Gasteiger partial charge in [0.15, 0.2) is 0 Å². The average molecular weight is 410 g/mol. The van der Waals surface area contributed by atoms with Crippen molar-refractivity contribution < 1.29 is 9.18 Å². The molecule has 0 saturated heterocycles. The summed E-state index contributed by atoms with van der Waals surface area (Å²) < 4.78 is 15.5. The van der Waals surface area contributed by atoms with Gasteiger partial charge in [-0.15, -0.1) is 0 Å². The summed E-state index contributed by atoms with van der Waals surface area (Å²) in [5, 5.41) is 6.72. The molecule has 0 atom stereocenters. The summed E-state index contributed by atoms with van der Waals surface area (Å²) in [5.74, 6) is -0.974. The Labute approximate surface area is 172 Å². The third-order valence-corrected chi connectivity index (χ3v) is 4.42. The molecule has 0 bridgehead atoms. The molecule has 30 heavy (non-hydrogen) atoms. The van der Waals surface area contributed by atoms with Crippen LogP contribution in [0.3, 0.4) is 0 Å². The van der Waals surface area contributed by atoms with Gasteiger partial charge in [0.1, 0.15) is 5.82 Å². The Balaban J connectivity index is 2.17. The first kappa shape index (κ1) is 21.2. The molecule has 156 valence electrons. The maximum atomic E-state index is 13.6. The van der Waals surface area contributed by atoms with E-state index in [2.05, 4.69) is 10.4 Å². The second-order valence-electron chi connectivity index (χ2n) is 7.51. The molecule has 7 nitrogen and oxygen atoms in total. The third kappa shape index (κ3) is 4.71. The number of aryl methyl sites for hydroxylation is 1. The third-order valence-electron chi connectivity index (χ3n) is 4.42. The van der Waals surface area contributed by atoms with E-state index in [1.807, 2.05) is 26.8 Å². The van der Waals surface area contributed by atoms with Gasteiger partial charge in [-0.3, -0.25) is 14.2 Å². The largest absolute Gasteiger partial charge is 0.352 e. The molecule has 0 saturated carbocycles. The number of carbonyl (C=O) groups is 1. The number of hydrogen-bond donors (Lipinski definition) is 1. The van der Waals surface area contributed by atoms with Crippen LogP contribution < -0.4 is 16.6 Å². The molecule has 3 rings (SSSR count). The summed E-state index contributed by atoms with van der Waals surface area (Å²) in [6, 6.07) is 12.6. The van der Waals surface area contributed by atoms with Crippen LogP contribution in [0.1, 0.15) is 35.5 Å². The number of hydrogen-bond acceptors (Lipinski definition) is 4. The van der Waals surface area contributed by atoms with Gasteiger partial charge >= 0.3 is 5.69 Å². The van der Waals surface area contributed by atoms with Crippen molar-refractivity contribution in [3.05, 3.63) is 92.0 Å². The van der Waals surface area contributed by atoms with Crippen LogP contribution in [0, 0.1) is 18.7 Å². The highest BCUT2D eigenvalue weighted by atomic mass is 19.1. The standard InChI is InChI=1S/C22H23FN4O3/c1-14(2)12-24-20(28)19-21(29)26(13-16-7-5-8-17(23)11-16)22(30)27(25-19)18-9-4-6-15(3)10-18/h4-11,14H,12-13H2,1-3H3,(H,24,28). The molecule has 1 N–H and O–H groups in total. The second kappa shape index (κ2) is 8.86. The summed E-state index contributed by atoms with van der Waals surface area (Å²) in [6.45, 7) is 5.86. The molecule has 0 aliphatic carbocycles. The number of nitrogens with one attached hydrogen (secondary N) is 1. The van der Waals surface area contributed by atoms with Gasteiger partial charge in [-0.2, -0.15) is 9.78 Å². The summed E-state index contributed by atoms with van der Waals surface area (Å²) in [6.07, 6.45) is 0. The van der Waals surface area contributed by atoms with E-state index in [4.69, 9.17) is 0 Å². The molecule has 0 spiro atoms. The van der Waals surface area contributed by atoms with Crippen LogP contribution >= 0.6 is 0 Å². The van der Waals surface area contributed by atoms with Crippen LogP contribution in [0.5, 0.6) is 0 Å². The highest BCUT2D eigenvalue weighted by Crippen LogP contribution is 2.08. The van der Waals surface area contributed by atoms with Gasteiger partial charge in [0.2, 0.25) is 5.69 Å². The normalized spacial score (nSPS) is 11.0. The molecule has 0 fully saturated rings. The molecule has 3 aromatic rings. The number of carbonyl (C=O) groups excluding carboxylic acids is 1. The van der Waals surface area contributed by atoms with E-state index in [1.54, 1.807) is 24.3 Å². The van der Waals surface area contributed by atoms with E-state index in [9.17, 15) is 18.8 Å². The number of halogens is 1. The molecule has 0 aliphatic rings. The zero-order chi connectivity index (χ0) is 21.8. The lowest BCUT2D eigenvalue weighted by atomic mass is 10.2. The van der Waals surface area contributed by atoms with Crippen LogP contribution in [0.25, 0.3) is 5.69 Å². The Bertz CT molecular complexity index is 1200. The van der Waals surface area contributed by atoms with Gasteiger partial charge in [-0.05, 0) is 48.2 Å². The van der Waals surface area contributed by atoms with Crippen LogP contribution in [-0.4, -0.2) is 26.8 Å². The van der Waals surface area contributed by atoms with Gasteiger partial charge in [-0.1, -0.05) is 38.1 Å². The first-order valence-electron chi connectivity index (χ1n) is 9.60. The second-order valence-corrected chi connectivity index (χ2v) is 7.51. The lowest BCUT2D eigenvalue weighted by Gasteiger charge is -2.13. The molecular formula is C22H23FN4O3. The zero-order valence-electron chi connectivity index (χ0n) is 17.1. The Morgan fingerprint density at radius 1 is 1.13 bits per heavy atom. The van der Waals surface area contributed by atoms with Gasteiger partial charge in [-0.25, -0.2) is 9.18 Å². The first-order valence-corrected chi connectivity index (χ1v) is 9.60. The Morgan fingerprint density at radius 2 is 1.87 bits per heavy atom. The number of benzene rings is 2. The summed E-state index contributed by atoms with van der Waals surface area (Å²) in [4.78, 5) is 38.6. The van der Waals surface area contributed by atoms with Gasteiger partial charge in [0.05, 0.1) is 12.2 Å². The van der Waals surface area contributed by atoms with E-state index in [-0.39, 0.29) is 12.5 Å². The summed E-state index contributed by atoms with van der Waals surface area (Å²) in [7, 11) is 0. The summed E-state index contributed by atoms with van der Waals surface area (Å²) >= 11 is 0. The number of amides is 1. The fraction of sp³-hybridized carbons (Fsp3) is 0.273. The molecule has 0 aliphatic heterocycles. The first-order chi connectivity index (χ1) is 14.3. The molecule has 8 heteroatoms. The maximum Gasteiger partial charge on any atom is 0.352 e. The van der Waals surface area contributed by atoms with E-state index in [1.165, 1.54) is 18.2 Å². The summed E-state index contributed by atoms with van der Waals surface area (Å²) in [5.41, 5.74) is -0.205. The fourth-order valence-electron chi connectivity index (χ4n) is 2.92.